The van der Waals surface area contributed by atoms with Crippen molar-refractivity contribution in [3.8, 4) is 5.75 Å². The van der Waals surface area contributed by atoms with E-state index in [1.165, 1.54) is 0 Å². The summed E-state index contributed by atoms with van der Waals surface area (Å²) in [6.07, 6.45) is 1.02. The number of carbonyl (C=O) groups excluding carboxylic acids is 2. The summed E-state index contributed by atoms with van der Waals surface area (Å²) in [5.41, 5.74) is 2.01. The number of rotatable bonds is 11. The molecule has 0 atom stereocenters. The lowest BCUT2D eigenvalue weighted by Gasteiger charge is -2.19. The molecule has 162 valence electrons. The lowest BCUT2D eigenvalue weighted by Crippen LogP contribution is -2.30. The molecular weight excluding hydrogens is 378 g/mol. The summed E-state index contributed by atoms with van der Waals surface area (Å²) in [5.74, 6) is 1.21. The highest BCUT2D eigenvalue weighted by Gasteiger charge is 2.13. The summed E-state index contributed by atoms with van der Waals surface area (Å²) >= 11 is 0. The Hall–Kier alpha value is -3.02. The van der Waals surface area contributed by atoms with Gasteiger partial charge in [-0.25, -0.2) is 0 Å². The fraction of sp³-hybridized carbons (Fsp3) is 0.417. The molecule has 0 fully saturated rings. The summed E-state index contributed by atoms with van der Waals surface area (Å²) in [6, 6.07) is 14.6. The van der Waals surface area contributed by atoms with Crippen molar-refractivity contribution in [3.05, 3.63) is 54.1 Å². The Labute approximate surface area is 179 Å². The van der Waals surface area contributed by atoms with E-state index in [0.29, 0.717) is 36.9 Å². The summed E-state index contributed by atoms with van der Waals surface area (Å²) in [7, 11) is 0. The minimum atomic E-state index is -0.181. The molecule has 0 spiro atoms. The number of amides is 2. The monoisotopic (exact) mass is 411 g/mol. The maximum Gasteiger partial charge on any atom is 0.253 e. The molecule has 0 saturated carbocycles. The van der Waals surface area contributed by atoms with Gasteiger partial charge in [0.25, 0.3) is 5.91 Å². The lowest BCUT2D eigenvalue weighted by atomic mass is 10.1. The normalized spacial score (nSPS) is 10.6. The number of benzene rings is 2. The fourth-order valence-corrected chi connectivity index (χ4v) is 2.89. The van der Waals surface area contributed by atoms with Gasteiger partial charge in [0.2, 0.25) is 5.91 Å². The molecule has 0 saturated heterocycles. The van der Waals surface area contributed by atoms with Crippen molar-refractivity contribution in [2.45, 2.75) is 34.1 Å². The number of anilines is 2. The predicted octanol–water partition coefficient (Wildman–Crippen LogP) is 4.64. The van der Waals surface area contributed by atoms with Gasteiger partial charge in [-0.15, -0.1) is 0 Å². The van der Waals surface area contributed by atoms with Gasteiger partial charge < -0.3 is 20.3 Å². The van der Waals surface area contributed by atoms with Crippen molar-refractivity contribution in [2.75, 3.05) is 36.9 Å². The molecule has 2 aromatic rings. The van der Waals surface area contributed by atoms with Gasteiger partial charge in [-0.1, -0.05) is 19.9 Å². The SMILES string of the molecule is CCN(CC)C(=O)c1cccc(NC(=O)CNc2ccc(OCCC(C)C)cc2)c1. The second-order valence-corrected chi connectivity index (χ2v) is 7.52. The van der Waals surface area contributed by atoms with Crippen LogP contribution < -0.4 is 15.4 Å². The molecule has 0 heterocycles. The zero-order chi connectivity index (χ0) is 21.9. The number of hydrogen-bond acceptors (Lipinski definition) is 4. The van der Waals surface area contributed by atoms with Gasteiger partial charge in [0.15, 0.2) is 0 Å². The maximum atomic E-state index is 12.5. The molecule has 2 N–H and O–H groups in total. The van der Waals surface area contributed by atoms with Crippen LogP contribution in [0.3, 0.4) is 0 Å². The fourth-order valence-electron chi connectivity index (χ4n) is 2.89. The predicted molar refractivity (Wildman–Crippen MR) is 122 cm³/mol. The van der Waals surface area contributed by atoms with Gasteiger partial charge in [-0.3, -0.25) is 9.59 Å². The van der Waals surface area contributed by atoms with Crippen LogP contribution >= 0.6 is 0 Å². The number of hydrogen-bond donors (Lipinski definition) is 2. The van der Waals surface area contributed by atoms with Crippen molar-refractivity contribution < 1.29 is 14.3 Å². The third-order valence-corrected chi connectivity index (χ3v) is 4.72. The van der Waals surface area contributed by atoms with E-state index in [9.17, 15) is 9.59 Å². The van der Waals surface area contributed by atoms with E-state index >= 15 is 0 Å². The van der Waals surface area contributed by atoms with E-state index in [2.05, 4.69) is 24.5 Å². The molecule has 0 aliphatic heterocycles. The molecule has 0 aliphatic carbocycles. The molecule has 6 heteroatoms. The van der Waals surface area contributed by atoms with Crippen LogP contribution in [0.2, 0.25) is 0 Å². The highest BCUT2D eigenvalue weighted by molar-refractivity contribution is 5.98. The van der Waals surface area contributed by atoms with Crippen LogP contribution in [-0.4, -0.2) is 43.0 Å². The highest BCUT2D eigenvalue weighted by Crippen LogP contribution is 2.17. The van der Waals surface area contributed by atoms with Crippen LogP contribution in [0.5, 0.6) is 5.75 Å². The Morgan fingerprint density at radius 2 is 1.70 bits per heavy atom. The molecular formula is C24H33N3O3. The summed E-state index contributed by atoms with van der Waals surface area (Å²) in [6.45, 7) is 10.4. The van der Waals surface area contributed by atoms with Gasteiger partial charge in [0, 0.05) is 30.0 Å². The highest BCUT2D eigenvalue weighted by atomic mass is 16.5. The molecule has 2 aromatic carbocycles. The Morgan fingerprint density at radius 1 is 1.00 bits per heavy atom. The van der Waals surface area contributed by atoms with E-state index in [1.54, 1.807) is 29.2 Å². The van der Waals surface area contributed by atoms with E-state index in [1.807, 2.05) is 38.1 Å². The van der Waals surface area contributed by atoms with E-state index in [0.717, 1.165) is 17.9 Å². The Kier molecular flexibility index (Phi) is 9.19. The van der Waals surface area contributed by atoms with Gasteiger partial charge in [0.05, 0.1) is 13.2 Å². The maximum absolute atomic E-state index is 12.5. The second-order valence-electron chi connectivity index (χ2n) is 7.52. The quantitative estimate of drug-likeness (QED) is 0.565. The van der Waals surface area contributed by atoms with Crippen molar-refractivity contribution in [1.82, 2.24) is 4.90 Å². The number of nitrogens with one attached hydrogen (secondary N) is 2. The zero-order valence-electron chi connectivity index (χ0n) is 18.4. The van der Waals surface area contributed by atoms with Gasteiger partial charge in [-0.05, 0) is 68.7 Å². The number of carbonyl (C=O) groups is 2. The molecule has 2 amide bonds. The largest absolute Gasteiger partial charge is 0.494 e. The first-order chi connectivity index (χ1) is 14.4. The summed E-state index contributed by atoms with van der Waals surface area (Å²) in [4.78, 5) is 26.5. The summed E-state index contributed by atoms with van der Waals surface area (Å²) < 4.78 is 5.70. The minimum Gasteiger partial charge on any atom is -0.494 e. The summed E-state index contributed by atoms with van der Waals surface area (Å²) in [5, 5.41) is 5.93. The number of nitrogens with zero attached hydrogens (tertiary/aromatic N) is 1. The average Bonchev–Trinajstić information content (AvgIpc) is 2.74. The van der Waals surface area contributed by atoms with Gasteiger partial charge in [0.1, 0.15) is 5.75 Å². The second kappa shape index (κ2) is 11.9. The molecule has 0 aliphatic rings. The smallest absolute Gasteiger partial charge is 0.253 e. The van der Waals surface area contributed by atoms with E-state index < -0.39 is 0 Å². The van der Waals surface area contributed by atoms with Crippen molar-refractivity contribution in [3.63, 3.8) is 0 Å². The molecule has 0 unspecified atom stereocenters. The Morgan fingerprint density at radius 3 is 2.33 bits per heavy atom. The minimum absolute atomic E-state index is 0.0371. The van der Waals surface area contributed by atoms with Gasteiger partial charge in [-0.2, -0.15) is 0 Å². The zero-order valence-corrected chi connectivity index (χ0v) is 18.4. The first kappa shape index (κ1) is 23.3. The molecule has 0 aromatic heterocycles. The van der Waals surface area contributed by atoms with Crippen LogP contribution in [0.1, 0.15) is 44.5 Å². The van der Waals surface area contributed by atoms with Gasteiger partial charge >= 0.3 is 0 Å². The van der Waals surface area contributed by atoms with Crippen molar-refractivity contribution >= 4 is 23.2 Å². The van der Waals surface area contributed by atoms with Crippen LogP contribution in [0.15, 0.2) is 48.5 Å². The Balaban J connectivity index is 1.85. The van der Waals surface area contributed by atoms with Crippen molar-refractivity contribution in [2.24, 2.45) is 5.92 Å². The Bertz CT molecular complexity index is 815. The van der Waals surface area contributed by atoms with Crippen molar-refractivity contribution in [1.29, 1.82) is 0 Å². The third-order valence-electron chi connectivity index (χ3n) is 4.72. The molecule has 0 bridgehead atoms. The van der Waals surface area contributed by atoms with E-state index in [-0.39, 0.29) is 18.4 Å². The number of ether oxygens (including phenoxy) is 1. The standard InChI is InChI=1S/C24H33N3O3/c1-5-27(6-2)24(29)19-8-7-9-21(16-19)26-23(28)17-25-20-10-12-22(13-11-20)30-15-14-18(3)4/h7-13,16,18,25H,5-6,14-15,17H2,1-4H3,(H,26,28). The average molecular weight is 412 g/mol. The first-order valence-corrected chi connectivity index (χ1v) is 10.6. The lowest BCUT2D eigenvalue weighted by molar-refractivity contribution is -0.114. The van der Waals surface area contributed by atoms with Crippen LogP contribution in [0.4, 0.5) is 11.4 Å². The topological polar surface area (TPSA) is 70.7 Å². The molecule has 6 nitrogen and oxygen atoms in total. The molecule has 30 heavy (non-hydrogen) atoms. The third kappa shape index (κ3) is 7.43. The van der Waals surface area contributed by atoms with Crippen LogP contribution in [-0.2, 0) is 4.79 Å². The van der Waals surface area contributed by atoms with Crippen LogP contribution in [0.25, 0.3) is 0 Å². The van der Waals surface area contributed by atoms with E-state index in [4.69, 9.17) is 4.74 Å². The first-order valence-electron chi connectivity index (χ1n) is 10.6. The molecule has 2 rings (SSSR count). The molecule has 0 radical (unpaired) electrons. The van der Waals surface area contributed by atoms with Crippen LogP contribution in [0, 0.1) is 5.92 Å².